The number of thiophene rings is 1. The molecule has 0 saturated heterocycles. The van der Waals surface area contributed by atoms with Gasteiger partial charge in [0.2, 0.25) is 0 Å². The van der Waals surface area contributed by atoms with Crippen molar-refractivity contribution in [3.63, 3.8) is 0 Å². The lowest BCUT2D eigenvalue weighted by atomic mass is 9.90. The van der Waals surface area contributed by atoms with E-state index in [0.717, 1.165) is 82.3 Å². The molecule has 3 aromatic heterocycles. The second-order valence-corrected chi connectivity index (χ2v) is 20.2. The molecule has 0 spiro atoms. The topological polar surface area (TPSA) is 43.6 Å². The molecule has 0 atom stereocenters. The molecule has 344 valence electrons. The fourth-order valence-electron chi connectivity index (χ4n) is 11.3. The lowest BCUT2D eigenvalue weighted by Gasteiger charge is -2.21. The monoisotopic (exact) mass is 958 g/mol. The van der Waals surface area contributed by atoms with Crippen molar-refractivity contribution >= 4 is 85.6 Å². The van der Waals surface area contributed by atoms with Crippen LogP contribution in [0.25, 0.3) is 148 Å². The van der Waals surface area contributed by atoms with Gasteiger partial charge in [-0.3, -0.25) is 0 Å². The summed E-state index contributed by atoms with van der Waals surface area (Å²) in [5.41, 5.74) is 12.8. The lowest BCUT2D eigenvalue weighted by molar-refractivity contribution is 1.08. The van der Waals surface area contributed by atoms with E-state index in [-0.39, 0.29) is 0 Å². The number of aromatic nitrogens is 4. The second-order valence-electron chi connectivity index (χ2n) is 19.1. The molecule has 0 bridgehead atoms. The number of nitrogens with zero attached hydrogens (tertiary/aromatic N) is 4. The Kier molecular flexibility index (Phi) is 9.72. The smallest absolute Gasteiger partial charge is 0.165 e. The fourth-order valence-corrected chi connectivity index (χ4v) is 12.5. The number of rotatable bonds is 7. The van der Waals surface area contributed by atoms with Gasteiger partial charge in [0.1, 0.15) is 0 Å². The Morgan fingerprint density at radius 3 is 1.65 bits per heavy atom. The van der Waals surface area contributed by atoms with E-state index in [0.29, 0.717) is 17.5 Å². The van der Waals surface area contributed by atoms with Gasteiger partial charge in [-0.15, -0.1) is 11.3 Å². The fraction of sp³-hybridized carbons (Fsp3) is 0. The maximum absolute atomic E-state index is 5.64. The van der Waals surface area contributed by atoms with Crippen LogP contribution in [0.2, 0.25) is 0 Å². The molecule has 0 aliphatic rings. The molecule has 0 fully saturated rings. The van der Waals surface area contributed by atoms with Gasteiger partial charge >= 0.3 is 0 Å². The van der Waals surface area contributed by atoms with Gasteiger partial charge in [0.05, 0.1) is 16.7 Å². The molecule has 0 aliphatic heterocycles. The van der Waals surface area contributed by atoms with Crippen LogP contribution in [0.1, 0.15) is 0 Å². The molecular formula is C69H42N4S. The predicted octanol–water partition coefficient (Wildman–Crippen LogP) is 18.8. The van der Waals surface area contributed by atoms with Crippen LogP contribution in [-0.2, 0) is 0 Å². The van der Waals surface area contributed by atoms with Crippen molar-refractivity contribution in [3.8, 4) is 73.2 Å². The molecule has 3 heterocycles. The SMILES string of the molecule is c1ccc(-c2cccc(-c3nc(-c4cc(-c5ccc6ccccc6c5)c(-n5c6ccccc6c6cc7ccccc7cc65)c5ccc(-c6ccccc6)cc45)nc(-c4cccc5c4sc4ccccc45)n3)c2)cc1. The van der Waals surface area contributed by atoms with Crippen molar-refractivity contribution in [3.05, 3.63) is 255 Å². The van der Waals surface area contributed by atoms with Crippen molar-refractivity contribution in [1.29, 1.82) is 0 Å². The molecule has 5 heteroatoms. The zero-order valence-corrected chi connectivity index (χ0v) is 40.8. The van der Waals surface area contributed by atoms with Gasteiger partial charge in [-0.05, 0) is 109 Å². The average Bonchev–Trinajstić information content (AvgIpc) is 4.01. The van der Waals surface area contributed by atoms with Gasteiger partial charge in [0.15, 0.2) is 17.5 Å². The van der Waals surface area contributed by atoms with Crippen LogP contribution in [0, 0.1) is 0 Å². The summed E-state index contributed by atoms with van der Waals surface area (Å²) in [5, 5.41) is 11.7. The molecule has 0 saturated carbocycles. The maximum atomic E-state index is 5.64. The van der Waals surface area contributed by atoms with Gasteiger partial charge in [-0.2, -0.15) is 0 Å². The van der Waals surface area contributed by atoms with Crippen molar-refractivity contribution < 1.29 is 0 Å². The van der Waals surface area contributed by atoms with E-state index < -0.39 is 0 Å². The van der Waals surface area contributed by atoms with Crippen LogP contribution in [0.15, 0.2) is 255 Å². The summed E-state index contributed by atoms with van der Waals surface area (Å²) < 4.78 is 4.89. The van der Waals surface area contributed by atoms with Crippen molar-refractivity contribution in [2.75, 3.05) is 0 Å². The van der Waals surface area contributed by atoms with E-state index >= 15 is 0 Å². The third-order valence-electron chi connectivity index (χ3n) is 14.8. The molecule has 15 rings (SSSR count). The normalized spacial score (nSPS) is 11.8. The molecule has 0 amide bonds. The van der Waals surface area contributed by atoms with Gasteiger partial charge in [-0.25, -0.2) is 15.0 Å². The summed E-state index contributed by atoms with van der Waals surface area (Å²) in [5.74, 6) is 1.84. The first-order valence-electron chi connectivity index (χ1n) is 25.1. The van der Waals surface area contributed by atoms with Gasteiger partial charge in [0, 0.05) is 58.6 Å². The molecule has 15 aromatic rings. The van der Waals surface area contributed by atoms with E-state index in [1.54, 1.807) is 11.3 Å². The quantitative estimate of drug-likeness (QED) is 0.160. The van der Waals surface area contributed by atoms with E-state index in [4.69, 9.17) is 15.0 Å². The highest BCUT2D eigenvalue weighted by molar-refractivity contribution is 7.26. The average molecular weight is 959 g/mol. The van der Waals surface area contributed by atoms with Crippen molar-refractivity contribution in [1.82, 2.24) is 19.5 Å². The summed E-state index contributed by atoms with van der Waals surface area (Å²) in [4.78, 5) is 16.7. The third-order valence-corrected chi connectivity index (χ3v) is 16.0. The Balaban J connectivity index is 1.08. The Labute approximate surface area is 430 Å². The Bertz CT molecular complexity index is 4730. The molecule has 12 aromatic carbocycles. The van der Waals surface area contributed by atoms with Gasteiger partial charge in [-0.1, -0.05) is 200 Å². The van der Waals surface area contributed by atoms with Crippen molar-refractivity contribution in [2.45, 2.75) is 0 Å². The molecule has 0 N–H and O–H groups in total. The van der Waals surface area contributed by atoms with Crippen molar-refractivity contribution in [2.24, 2.45) is 0 Å². The Hall–Kier alpha value is -9.55. The largest absolute Gasteiger partial charge is 0.308 e. The molecule has 0 radical (unpaired) electrons. The van der Waals surface area contributed by atoms with E-state index in [1.165, 1.54) is 47.8 Å². The van der Waals surface area contributed by atoms with E-state index in [9.17, 15) is 0 Å². The van der Waals surface area contributed by atoms with Gasteiger partial charge < -0.3 is 4.57 Å². The Morgan fingerprint density at radius 2 is 0.851 bits per heavy atom. The minimum absolute atomic E-state index is 0.602. The molecule has 74 heavy (non-hydrogen) atoms. The Morgan fingerprint density at radius 1 is 0.270 bits per heavy atom. The summed E-state index contributed by atoms with van der Waals surface area (Å²) in [6, 6.07) is 92.1. The first-order chi connectivity index (χ1) is 36.7. The number of para-hydroxylation sites is 1. The minimum Gasteiger partial charge on any atom is -0.308 e. The first-order valence-corrected chi connectivity index (χ1v) is 25.9. The van der Waals surface area contributed by atoms with E-state index in [2.05, 4.69) is 259 Å². The zero-order valence-electron chi connectivity index (χ0n) is 39.9. The molecule has 4 nitrogen and oxygen atoms in total. The minimum atomic E-state index is 0.602. The number of hydrogen-bond acceptors (Lipinski definition) is 4. The van der Waals surface area contributed by atoms with Crippen LogP contribution in [0.4, 0.5) is 0 Å². The van der Waals surface area contributed by atoms with Crippen LogP contribution in [0.3, 0.4) is 0 Å². The summed E-state index contributed by atoms with van der Waals surface area (Å²) in [6.45, 7) is 0. The number of fused-ring (bicyclic) bond motifs is 9. The van der Waals surface area contributed by atoms with Crippen LogP contribution in [0.5, 0.6) is 0 Å². The predicted molar refractivity (Wildman–Crippen MR) is 312 cm³/mol. The second kappa shape index (κ2) is 17.1. The molecule has 0 unspecified atom stereocenters. The van der Waals surface area contributed by atoms with E-state index in [1.807, 2.05) is 0 Å². The summed E-state index contributed by atoms with van der Waals surface area (Å²) >= 11 is 1.79. The van der Waals surface area contributed by atoms with Crippen LogP contribution in [-0.4, -0.2) is 19.5 Å². The standard InChI is InChI=1S/C69H42N4S/c1-3-17-43(18-4-1)47-25-15-26-52(38-47)67-70-68(57-30-16-29-56-54-28-12-14-32-64(54)74-66(56)57)72-69(71-67)61-42-58(51-34-33-45-21-7-8-22-46(45)37-51)65(55-36-35-50(39-59(55)61)44-19-5-2-6-20-44)73-62-31-13-11-27-53(62)60-40-48-23-9-10-24-49(48)41-63(60)73/h1-42H. The highest BCUT2D eigenvalue weighted by Gasteiger charge is 2.25. The van der Waals surface area contributed by atoms with Gasteiger partial charge in [0.25, 0.3) is 0 Å². The third kappa shape index (κ3) is 6.93. The molecule has 0 aliphatic carbocycles. The lowest BCUT2D eigenvalue weighted by Crippen LogP contribution is -2.04. The first kappa shape index (κ1) is 42.2. The summed E-state index contributed by atoms with van der Waals surface area (Å²) in [7, 11) is 0. The number of hydrogen-bond donors (Lipinski definition) is 0. The van der Waals surface area contributed by atoms with Crippen LogP contribution < -0.4 is 0 Å². The zero-order chi connectivity index (χ0) is 48.7. The number of benzene rings is 12. The maximum Gasteiger partial charge on any atom is 0.165 e. The highest BCUT2D eigenvalue weighted by Crippen LogP contribution is 2.47. The van der Waals surface area contributed by atoms with Crippen LogP contribution >= 0.6 is 11.3 Å². The summed E-state index contributed by atoms with van der Waals surface area (Å²) in [6.07, 6.45) is 0. The molecular weight excluding hydrogens is 917 g/mol. The highest BCUT2D eigenvalue weighted by atomic mass is 32.1.